The smallest absolute Gasteiger partial charge is 0.104 e. The monoisotopic (exact) mass is 1100 g/mol. The lowest BCUT2D eigenvalue weighted by Gasteiger charge is -2.24. The van der Waals surface area contributed by atoms with Crippen LogP contribution in [-0.2, 0) is 0 Å². The Kier molecular flexibility index (Phi) is 11.9. The Bertz CT molecular complexity index is 4700. The van der Waals surface area contributed by atoms with E-state index in [1.54, 1.807) is 0 Å². The predicted molar refractivity (Wildman–Crippen MR) is 356 cm³/mol. The third kappa shape index (κ3) is 8.15. The Morgan fingerprint density at radius 2 is 0.345 bits per heavy atom. The highest BCUT2D eigenvalue weighted by Crippen LogP contribution is 2.48. The standard InChI is InChI=1S/C81H48N6/c82-49-70-79(85-73-43-58(52-19-7-1-8-20-52)31-37-64(73)65-38-32-59(44-74(65)85)53-21-9-2-10-22-53)71(50-83)81(87-77-47-62(56-27-15-5-16-28-56)35-41-68(77)69-42-36-63(48-78(69)87)57-29-17-6-18-30-57)72(51-84)80(70)86-75-45-60(54-23-11-3-12-24-54)33-39-66(75)67-40-34-61(46-76(67)86)55-25-13-4-14-26-55/h1-48H. The number of fused-ring (bicyclic) bond motifs is 9. The van der Waals surface area contributed by atoms with Crippen LogP contribution in [0.25, 0.3) is 149 Å². The van der Waals surface area contributed by atoms with Crippen molar-refractivity contribution < 1.29 is 0 Å². The molecule has 0 spiro atoms. The van der Waals surface area contributed by atoms with E-state index in [9.17, 15) is 15.8 Å². The van der Waals surface area contributed by atoms with Gasteiger partial charge in [0.2, 0.25) is 0 Å². The molecule has 0 radical (unpaired) electrons. The highest BCUT2D eigenvalue weighted by molar-refractivity contribution is 6.16. The van der Waals surface area contributed by atoms with Crippen LogP contribution in [0.4, 0.5) is 0 Å². The summed E-state index contributed by atoms with van der Waals surface area (Å²) in [6, 6.07) is 109. The minimum atomic E-state index is 0.172. The summed E-state index contributed by atoms with van der Waals surface area (Å²) in [5.41, 5.74) is 18.3. The molecule has 0 bridgehead atoms. The number of hydrogen-bond donors (Lipinski definition) is 0. The lowest BCUT2D eigenvalue weighted by molar-refractivity contribution is 1.06. The van der Waals surface area contributed by atoms with Crippen molar-refractivity contribution >= 4 is 65.4 Å². The van der Waals surface area contributed by atoms with Gasteiger partial charge in [0.15, 0.2) is 0 Å². The first kappa shape index (κ1) is 50.5. The zero-order valence-corrected chi connectivity index (χ0v) is 46.9. The summed E-state index contributed by atoms with van der Waals surface area (Å²) in [6.45, 7) is 0. The van der Waals surface area contributed by atoms with E-state index in [4.69, 9.17) is 0 Å². The molecule has 0 amide bonds. The number of rotatable bonds is 9. The van der Waals surface area contributed by atoms with Crippen LogP contribution >= 0.6 is 0 Å². The predicted octanol–water partition coefficient (Wildman–Crippen LogP) is 20.6. The molecule has 0 aliphatic heterocycles. The van der Waals surface area contributed by atoms with Crippen LogP contribution in [-0.4, -0.2) is 13.7 Å². The van der Waals surface area contributed by atoms with E-state index < -0.39 is 0 Å². The average Bonchev–Trinajstić information content (AvgIpc) is 1.69. The highest BCUT2D eigenvalue weighted by Gasteiger charge is 2.33. The van der Waals surface area contributed by atoms with Crippen LogP contribution in [0.1, 0.15) is 16.7 Å². The van der Waals surface area contributed by atoms with Gasteiger partial charge >= 0.3 is 0 Å². The van der Waals surface area contributed by atoms with Crippen molar-refractivity contribution in [3.8, 4) is 102 Å². The van der Waals surface area contributed by atoms with E-state index in [0.29, 0.717) is 17.1 Å². The fourth-order valence-electron chi connectivity index (χ4n) is 13.3. The summed E-state index contributed by atoms with van der Waals surface area (Å²) in [5.74, 6) is 0. The van der Waals surface area contributed by atoms with Crippen molar-refractivity contribution in [3.63, 3.8) is 0 Å². The normalized spacial score (nSPS) is 11.4. The molecule has 0 aliphatic carbocycles. The Hall–Kier alpha value is -12.3. The summed E-state index contributed by atoms with van der Waals surface area (Å²) in [5, 5.41) is 43.6. The Labute approximate surface area is 502 Å². The molecular weight excluding hydrogens is 1060 g/mol. The van der Waals surface area contributed by atoms with Gasteiger partial charge < -0.3 is 13.7 Å². The molecule has 0 aliphatic rings. The summed E-state index contributed by atoms with van der Waals surface area (Å²) < 4.78 is 6.44. The molecule has 0 N–H and O–H groups in total. The molecule has 3 aromatic heterocycles. The third-order valence-electron chi connectivity index (χ3n) is 17.4. The molecule has 87 heavy (non-hydrogen) atoms. The minimum absolute atomic E-state index is 0.172. The summed E-state index contributed by atoms with van der Waals surface area (Å²) in [6.07, 6.45) is 0. The van der Waals surface area contributed by atoms with Gasteiger partial charge in [0.25, 0.3) is 0 Å². The molecule has 0 fully saturated rings. The molecule has 0 saturated carbocycles. The van der Waals surface area contributed by atoms with Crippen LogP contribution in [0.3, 0.4) is 0 Å². The lowest BCUT2D eigenvalue weighted by Crippen LogP contribution is -2.14. The molecule has 13 aromatic carbocycles. The number of benzene rings is 13. The van der Waals surface area contributed by atoms with Crippen molar-refractivity contribution in [1.29, 1.82) is 15.8 Å². The maximum Gasteiger partial charge on any atom is 0.104 e. The number of hydrogen-bond acceptors (Lipinski definition) is 3. The van der Waals surface area contributed by atoms with E-state index in [1.807, 2.05) is 109 Å². The SMILES string of the molecule is N#Cc1c(-n2c3cc(-c4ccccc4)ccc3c3ccc(-c4ccccc4)cc32)c(C#N)c(-n2c3cc(-c4ccccc4)ccc3c3ccc(-c4ccccc4)cc32)c(C#N)c1-n1c2cc(-c3ccccc3)ccc2c2ccc(-c3ccccc3)cc21. The molecule has 6 heteroatoms. The van der Waals surface area contributed by atoms with Gasteiger partial charge in [0, 0.05) is 32.3 Å². The lowest BCUT2D eigenvalue weighted by atomic mass is 9.95. The van der Waals surface area contributed by atoms with E-state index in [1.165, 1.54) is 0 Å². The molecule has 6 nitrogen and oxygen atoms in total. The Morgan fingerprint density at radius 3 is 0.494 bits per heavy atom. The molecule has 0 saturated heterocycles. The first-order valence-corrected chi connectivity index (χ1v) is 29.1. The number of nitrogens with zero attached hydrogens (tertiary/aromatic N) is 6. The van der Waals surface area contributed by atoms with Crippen LogP contribution < -0.4 is 0 Å². The fraction of sp³-hybridized carbons (Fsp3) is 0. The maximum absolute atomic E-state index is 12.6. The zero-order valence-electron chi connectivity index (χ0n) is 46.9. The number of nitriles is 3. The largest absolute Gasteiger partial charge is 0.306 e. The average molecular weight is 1110 g/mol. The maximum atomic E-state index is 12.6. The van der Waals surface area contributed by atoms with E-state index in [2.05, 4.69) is 214 Å². The van der Waals surface area contributed by atoms with Gasteiger partial charge in [-0.2, -0.15) is 15.8 Å². The van der Waals surface area contributed by atoms with E-state index >= 15 is 0 Å². The van der Waals surface area contributed by atoms with Crippen LogP contribution in [0.5, 0.6) is 0 Å². The van der Waals surface area contributed by atoms with Crippen LogP contribution in [0.2, 0.25) is 0 Å². The van der Waals surface area contributed by atoms with Gasteiger partial charge in [-0.3, -0.25) is 0 Å². The molecule has 16 aromatic rings. The fourth-order valence-corrected chi connectivity index (χ4v) is 13.3. The second-order valence-corrected chi connectivity index (χ2v) is 22.1. The van der Waals surface area contributed by atoms with E-state index in [-0.39, 0.29) is 16.7 Å². The van der Waals surface area contributed by atoms with Gasteiger partial charge in [-0.25, -0.2) is 0 Å². The van der Waals surface area contributed by atoms with Crippen LogP contribution in [0, 0.1) is 34.0 Å². The van der Waals surface area contributed by atoms with Crippen molar-refractivity contribution in [2.24, 2.45) is 0 Å². The molecule has 16 rings (SSSR count). The third-order valence-corrected chi connectivity index (χ3v) is 17.4. The van der Waals surface area contributed by atoms with Crippen LogP contribution in [0.15, 0.2) is 291 Å². The van der Waals surface area contributed by atoms with Gasteiger partial charge in [0.05, 0.1) is 50.2 Å². The van der Waals surface area contributed by atoms with Crippen molar-refractivity contribution in [2.45, 2.75) is 0 Å². The summed E-state index contributed by atoms with van der Waals surface area (Å²) in [7, 11) is 0. The summed E-state index contributed by atoms with van der Waals surface area (Å²) in [4.78, 5) is 0. The molecule has 3 heterocycles. The molecule has 0 atom stereocenters. The Balaban J connectivity index is 1.15. The van der Waals surface area contributed by atoms with Crippen molar-refractivity contribution in [2.75, 3.05) is 0 Å². The van der Waals surface area contributed by atoms with Crippen molar-refractivity contribution in [3.05, 3.63) is 308 Å². The van der Waals surface area contributed by atoms with Gasteiger partial charge in [-0.05, 0) is 103 Å². The van der Waals surface area contributed by atoms with Gasteiger partial charge in [-0.1, -0.05) is 255 Å². The second kappa shape index (κ2) is 20.6. The highest BCUT2D eigenvalue weighted by atomic mass is 15.1. The zero-order chi connectivity index (χ0) is 58.1. The minimum Gasteiger partial charge on any atom is -0.306 e. The summed E-state index contributed by atoms with van der Waals surface area (Å²) >= 11 is 0. The van der Waals surface area contributed by atoms with Gasteiger partial charge in [0.1, 0.15) is 34.9 Å². The van der Waals surface area contributed by atoms with E-state index in [0.717, 1.165) is 132 Å². The molecular formula is C81H48N6. The number of aromatic nitrogens is 3. The molecule has 402 valence electrons. The quantitative estimate of drug-likeness (QED) is 0.144. The topological polar surface area (TPSA) is 86.2 Å². The first-order chi connectivity index (χ1) is 43.0. The van der Waals surface area contributed by atoms with Crippen molar-refractivity contribution in [1.82, 2.24) is 13.7 Å². The second-order valence-electron chi connectivity index (χ2n) is 22.1. The Morgan fingerprint density at radius 1 is 0.184 bits per heavy atom. The van der Waals surface area contributed by atoms with Gasteiger partial charge in [-0.15, -0.1) is 0 Å². The first-order valence-electron chi connectivity index (χ1n) is 29.1. The molecule has 0 unspecified atom stereocenters.